The number of amidine groups is 1. The fraction of sp³-hybridized carbons (Fsp3) is 0.500. The van der Waals surface area contributed by atoms with Crippen molar-refractivity contribution in [2.75, 3.05) is 12.4 Å². The van der Waals surface area contributed by atoms with E-state index in [9.17, 15) is 0 Å². The molecule has 21 heavy (non-hydrogen) atoms. The number of nitrogens with one attached hydrogen (secondary N) is 3. The third-order valence-corrected chi connectivity index (χ3v) is 4.33. The summed E-state index contributed by atoms with van der Waals surface area (Å²) in [5.41, 5.74) is 10.2. The van der Waals surface area contributed by atoms with Crippen molar-refractivity contribution < 1.29 is 0 Å². The van der Waals surface area contributed by atoms with Crippen LogP contribution in [0.5, 0.6) is 0 Å². The average Bonchev–Trinajstić information content (AvgIpc) is 2.50. The van der Waals surface area contributed by atoms with E-state index in [0.29, 0.717) is 11.9 Å². The maximum absolute atomic E-state index is 6.01. The summed E-state index contributed by atoms with van der Waals surface area (Å²) >= 11 is 1.54. The van der Waals surface area contributed by atoms with Gasteiger partial charge in [-0.25, -0.2) is 11.4 Å². The van der Waals surface area contributed by atoms with Gasteiger partial charge in [-0.1, -0.05) is 19.3 Å². The summed E-state index contributed by atoms with van der Waals surface area (Å²) in [7, 11) is 1.89. The lowest BCUT2D eigenvalue weighted by Gasteiger charge is -2.25. The normalized spacial score (nSPS) is 16.8. The average molecular weight is 308 g/mol. The topological polar surface area (TPSA) is 100 Å². The second kappa shape index (κ2) is 8.11. The molecule has 7 N–H and O–H groups in total. The van der Waals surface area contributed by atoms with Gasteiger partial charge < -0.3 is 11.1 Å². The van der Waals surface area contributed by atoms with Crippen LogP contribution in [0.3, 0.4) is 0 Å². The van der Waals surface area contributed by atoms with Crippen molar-refractivity contribution in [3.8, 4) is 0 Å². The summed E-state index contributed by atoms with van der Waals surface area (Å²) in [6, 6.07) is 6.66. The molecule has 0 heterocycles. The molecule has 6 nitrogen and oxygen atoms in total. The highest BCUT2D eigenvalue weighted by molar-refractivity contribution is 7.97. The highest BCUT2D eigenvalue weighted by atomic mass is 32.2. The summed E-state index contributed by atoms with van der Waals surface area (Å²) in [5.74, 6) is 5.63. The van der Waals surface area contributed by atoms with Gasteiger partial charge in [-0.2, -0.15) is 0 Å². The molecule has 116 valence electrons. The molecule has 1 aliphatic rings. The zero-order valence-electron chi connectivity index (χ0n) is 12.4. The van der Waals surface area contributed by atoms with Gasteiger partial charge in [0, 0.05) is 22.2 Å². The molecule has 0 aromatic heterocycles. The maximum Gasteiger partial charge on any atom is 0.154 e. The van der Waals surface area contributed by atoms with E-state index in [4.69, 9.17) is 11.6 Å². The highest BCUT2D eigenvalue weighted by Gasteiger charge is 2.16. The standard InChI is InChI=1S/C14H24N6S/c1-17-21-11-7-8-13(12(9-11)14(15)19-20-16)18-10-5-3-2-4-6-10/h7-10,17-18,20H,2-6,16H2,1H3,(H2,15,19). The predicted octanol–water partition coefficient (Wildman–Crippen LogP) is 1.74. The van der Waals surface area contributed by atoms with Gasteiger partial charge in [-0.3, -0.25) is 4.72 Å². The number of hydrogen-bond acceptors (Lipinski definition) is 6. The largest absolute Gasteiger partial charge is 0.382 e. The smallest absolute Gasteiger partial charge is 0.154 e. The molecule has 0 radical (unpaired) electrons. The SMILES string of the molecule is CNSc1ccc(NC2CCCCC2)c(/C(N)=N/NN)c1. The summed E-state index contributed by atoms with van der Waals surface area (Å²) in [6.45, 7) is 0. The Balaban J connectivity index is 2.23. The second-order valence-electron chi connectivity index (χ2n) is 5.12. The van der Waals surface area contributed by atoms with E-state index in [0.717, 1.165) is 16.1 Å². The first-order valence-corrected chi connectivity index (χ1v) is 8.09. The third-order valence-electron chi connectivity index (χ3n) is 3.64. The molecule has 0 spiro atoms. The number of anilines is 1. The molecule has 1 aliphatic carbocycles. The van der Waals surface area contributed by atoms with E-state index in [1.54, 1.807) is 0 Å². The van der Waals surface area contributed by atoms with Crippen molar-refractivity contribution in [2.24, 2.45) is 16.7 Å². The molecular formula is C14H24N6S. The van der Waals surface area contributed by atoms with Crippen LogP contribution >= 0.6 is 11.9 Å². The minimum Gasteiger partial charge on any atom is -0.382 e. The Morgan fingerprint density at radius 1 is 1.29 bits per heavy atom. The zero-order chi connectivity index (χ0) is 15.1. The van der Waals surface area contributed by atoms with Crippen LogP contribution in [0, 0.1) is 0 Å². The van der Waals surface area contributed by atoms with E-state index < -0.39 is 0 Å². The first-order valence-electron chi connectivity index (χ1n) is 7.28. The van der Waals surface area contributed by atoms with Gasteiger partial charge in [-0.05, 0) is 50.0 Å². The van der Waals surface area contributed by atoms with Crippen LogP contribution in [0.2, 0.25) is 0 Å². The molecule has 1 fully saturated rings. The van der Waals surface area contributed by atoms with Crippen molar-refractivity contribution in [3.63, 3.8) is 0 Å². The van der Waals surface area contributed by atoms with E-state index in [-0.39, 0.29) is 0 Å². The minimum absolute atomic E-state index is 0.384. The Hall–Kier alpha value is -1.44. The van der Waals surface area contributed by atoms with Crippen LogP contribution < -0.4 is 27.2 Å². The van der Waals surface area contributed by atoms with Crippen molar-refractivity contribution in [2.45, 2.75) is 43.0 Å². The van der Waals surface area contributed by atoms with Crippen molar-refractivity contribution in [1.29, 1.82) is 0 Å². The lowest BCUT2D eigenvalue weighted by Crippen LogP contribution is -2.27. The first-order chi connectivity index (χ1) is 10.2. The number of hydrazine groups is 1. The molecule has 1 aromatic rings. The number of hydrogen-bond donors (Lipinski definition) is 5. The van der Waals surface area contributed by atoms with Crippen LogP contribution in [0.4, 0.5) is 5.69 Å². The Labute approximate surface area is 130 Å². The molecule has 0 atom stereocenters. The minimum atomic E-state index is 0.384. The van der Waals surface area contributed by atoms with Crippen molar-refractivity contribution in [3.05, 3.63) is 23.8 Å². The number of nitrogens with two attached hydrogens (primary N) is 2. The molecule has 2 rings (SSSR count). The molecule has 0 aliphatic heterocycles. The van der Waals surface area contributed by atoms with Crippen LogP contribution in [0.1, 0.15) is 37.7 Å². The lowest BCUT2D eigenvalue weighted by molar-refractivity contribution is 0.462. The van der Waals surface area contributed by atoms with E-state index in [2.05, 4.69) is 32.8 Å². The highest BCUT2D eigenvalue weighted by Crippen LogP contribution is 2.26. The van der Waals surface area contributed by atoms with Gasteiger partial charge in [0.25, 0.3) is 0 Å². The lowest BCUT2D eigenvalue weighted by atomic mass is 9.95. The van der Waals surface area contributed by atoms with Crippen LogP contribution in [0.25, 0.3) is 0 Å². The quantitative estimate of drug-likeness (QED) is 0.180. The van der Waals surface area contributed by atoms with Crippen molar-refractivity contribution in [1.82, 2.24) is 10.3 Å². The second-order valence-corrected chi connectivity index (χ2v) is 6.20. The predicted molar refractivity (Wildman–Crippen MR) is 89.9 cm³/mol. The summed E-state index contributed by atoms with van der Waals surface area (Å²) in [4.78, 5) is 1.08. The van der Waals surface area contributed by atoms with Gasteiger partial charge >= 0.3 is 0 Å². The van der Waals surface area contributed by atoms with Gasteiger partial charge in [-0.15, -0.1) is 5.10 Å². The monoisotopic (exact) mass is 308 g/mol. The molecule has 0 amide bonds. The van der Waals surface area contributed by atoms with Gasteiger partial charge in [0.2, 0.25) is 0 Å². The summed E-state index contributed by atoms with van der Waals surface area (Å²) in [5, 5.41) is 7.50. The molecule has 1 aromatic carbocycles. The van der Waals surface area contributed by atoms with Crippen LogP contribution in [0.15, 0.2) is 28.2 Å². The van der Waals surface area contributed by atoms with E-state index in [1.165, 1.54) is 44.1 Å². The molecule has 0 bridgehead atoms. The Kier molecular flexibility index (Phi) is 6.16. The number of nitrogens with zero attached hydrogens (tertiary/aromatic N) is 1. The van der Waals surface area contributed by atoms with E-state index >= 15 is 0 Å². The van der Waals surface area contributed by atoms with Gasteiger partial charge in [0.05, 0.1) is 0 Å². The number of benzene rings is 1. The molecular weight excluding hydrogens is 284 g/mol. The van der Waals surface area contributed by atoms with Gasteiger partial charge in [0.15, 0.2) is 5.84 Å². The fourth-order valence-electron chi connectivity index (χ4n) is 2.64. The first kappa shape index (κ1) is 15.9. The molecule has 7 heteroatoms. The number of rotatable bonds is 6. The fourth-order valence-corrected chi connectivity index (χ4v) is 3.19. The Bertz CT molecular complexity index is 484. The molecule has 0 unspecified atom stereocenters. The van der Waals surface area contributed by atoms with Crippen LogP contribution in [-0.4, -0.2) is 18.9 Å². The summed E-state index contributed by atoms with van der Waals surface area (Å²) < 4.78 is 3.06. The maximum atomic E-state index is 6.01. The summed E-state index contributed by atoms with van der Waals surface area (Å²) in [6.07, 6.45) is 6.32. The Morgan fingerprint density at radius 3 is 2.71 bits per heavy atom. The van der Waals surface area contributed by atoms with E-state index in [1.807, 2.05) is 13.1 Å². The molecule has 0 saturated heterocycles. The van der Waals surface area contributed by atoms with Crippen molar-refractivity contribution >= 4 is 23.5 Å². The zero-order valence-corrected chi connectivity index (χ0v) is 13.2. The Morgan fingerprint density at radius 2 is 2.05 bits per heavy atom. The third kappa shape index (κ3) is 4.52. The van der Waals surface area contributed by atoms with Crippen LogP contribution in [-0.2, 0) is 0 Å². The van der Waals surface area contributed by atoms with Gasteiger partial charge in [0.1, 0.15) is 0 Å². The molecule has 1 saturated carbocycles. The number of hydrazone groups is 1.